The summed E-state index contributed by atoms with van der Waals surface area (Å²) in [6.07, 6.45) is 2.99. The van der Waals surface area contributed by atoms with Crippen LogP contribution < -0.4 is 14.2 Å². The van der Waals surface area contributed by atoms with Crippen molar-refractivity contribution in [2.75, 3.05) is 20.8 Å². The Labute approximate surface area is 174 Å². The van der Waals surface area contributed by atoms with Gasteiger partial charge in [0.1, 0.15) is 17.2 Å². The van der Waals surface area contributed by atoms with Crippen molar-refractivity contribution in [1.29, 1.82) is 0 Å². The first-order chi connectivity index (χ1) is 14.6. The molecular weight excluding hydrogens is 388 g/mol. The van der Waals surface area contributed by atoms with E-state index in [1.165, 1.54) is 13.2 Å². The van der Waals surface area contributed by atoms with Crippen LogP contribution in [0.15, 0.2) is 53.1 Å². The number of hydrogen-bond acceptors (Lipinski definition) is 8. The number of benzene rings is 2. The molecular formula is C22H22N2O6. The Kier molecular flexibility index (Phi) is 7.05. The van der Waals surface area contributed by atoms with E-state index in [-0.39, 0.29) is 12.5 Å². The molecule has 0 radical (unpaired) electrons. The van der Waals surface area contributed by atoms with Crippen LogP contribution >= 0.6 is 0 Å². The van der Waals surface area contributed by atoms with Crippen molar-refractivity contribution in [2.24, 2.45) is 0 Å². The van der Waals surface area contributed by atoms with E-state index in [9.17, 15) is 4.79 Å². The summed E-state index contributed by atoms with van der Waals surface area (Å²) in [5.74, 6) is 1.93. The molecule has 0 atom stereocenters. The third-order valence-corrected chi connectivity index (χ3v) is 4.06. The van der Waals surface area contributed by atoms with Crippen molar-refractivity contribution in [3.8, 4) is 28.6 Å². The van der Waals surface area contributed by atoms with E-state index in [2.05, 4.69) is 10.1 Å². The highest BCUT2D eigenvalue weighted by molar-refractivity contribution is 5.87. The number of rotatable bonds is 9. The van der Waals surface area contributed by atoms with E-state index in [1.54, 1.807) is 31.4 Å². The molecule has 0 spiro atoms. The fourth-order valence-corrected chi connectivity index (χ4v) is 2.59. The van der Waals surface area contributed by atoms with Crippen molar-refractivity contribution in [1.82, 2.24) is 10.1 Å². The van der Waals surface area contributed by atoms with E-state index < -0.39 is 5.97 Å². The molecule has 0 amide bonds. The van der Waals surface area contributed by atoms with Gasteiger partial charge in [0.05, 0.1) is 26.4 Å². The van der Waals surface area contributed by atoms with Crippen molar-refractivity contribution < 1.29 is 28.3 Å². The van der Waals surface area contributed by atoms with Crippen LogP contribution in [0.5, 0.6) is 17.2 Å². The van der Waals surface area contributed by atoms with Crippen molar-refractivity contribution in [3.63, 3.8) is 0 Å². The molecule has 8 heteroatoms. The number of carbonyl (C=O) groups excluding carboxylic acids is 1. The van der Waals surface area contributed by atoms with E-state index >= 15 is 0 Å². The van der Waals surface area contributed by atoms with Gasteiger partial charge in [0.25, 0.3) is 5.89 Å². The van der Waals surface area contributed by atoms with Gasteiger partial charge in [0.2, 0.25) is 5.82 Å². The molecule has 8 nitrogen and oxygen atoms in total. The van der Waals surface area contributed by atoms with Gasteiger partial charge in [-0.05, 0) is 42.8 Å². The summed E-state index contributed by atoms with van der Waals surface area (Å²) in [5.41, 5.74) is 1.48. The molecule has 2 aromatic carbocycles. The number of carbonyl (C=O) groups is 1. The standard InChI is InChI=1S/C22H22N2O6/c1-4-28-16-8-5-15(6-9-16)7-12-21(25)29-14-20-23-22(24-30-20)18-11-10-17(26-2)13-19(18)27-3/h5-13H,4,14H2,1-3H3/b12-7+. The van der Waals surface area contributed by atoms with Crippen LogP contribution in [0.1, 0.15) is 18.4 Å². The Morgan fingerprint density at radius 2 is 1.83 bits per heavy atom. The lowest BCUT2D eigenvalue weighted by Crippen LogP contribution is -2.01. The zero-order chi connectivity index (χ0) is 21.3. The van der Waals surface area contributed by atoms with Gasteiger partial charge in [-0.15, -0.1) is 0 Å². The zero-order valence-electron chi connectivity index (χ0n) is 17.0. The molecule has 0 fully saturated rings. The number of nitrogens with zero attached hydrogens (tertiary/aromatic N) is 2. The van der Waals surface area contributed by atoms with Gasteiger partial charge in [-0.3, -0.25) is 0 Å². The predicted molar refractivity (Wildman–Crippen MR) is 109 cm³/mol. The number of ether oxygens (including phenoxy) is 4. The van der Waals surface area contributed by atoms with Crippen LogP contribution in [-0.2, 0) is 16.1 Å². The topological polar surface area (TPSA) is 92.9 Å². The minimum atomic E-state index is -0.523. The minimum Gasteiger partial charge on any atom is -0.497 e. The molecule has 3 aromatic rings. The third kappa shape index (κ3) is 5.38. The Bertz CT molecular complexity index is 1010. The van der Waals surface area contributed by atoms with Gasteiger partial charge in [0, 0.05) is 12.1 Å². The first-order valence-electron chi connectivity index (χ1n) is 9.25. The van der Waals surface area contributed by atoms with Crippen molar-refractivity contribution in [3.05, 3.63) is 60.0 Å². The number of aromatic nitrogens is 2. The number of hydrogen-bond donors (Lipinski definition) is 0. The third-order valence-electron chi connectivity index (χ3n) is 4.06. The Morgan fingerprint density at radius 1 is 1.07 bits per heavy atom. The van der Waals surface area contributed by atoms with Crippen LogP contribution in [0.25, 0.3) is 17.5 Å². The normalized spacial score (nSPS) is 10.8. The SMILES string of the molecule is CCOc1ccc(/C=C/C(=O)OCc2nc(-c3ccc(OC)cc3OC)no2)cc1. The maximum Gasteiger partial charge on any atom is 0.331 e. The van der Waals surface area contributed by atoms with E-state index in [0.29, 0.717) is 29.5 Å². The summed E-state index contributed by atoms with van der Waals surface area (Å²) in [4.78, 5) is 16.2. The second-order valence-corrected chi connectivity index (χ2v) is 6.02. The molecule has 0 aliphatic rings. The lowest BCUT2D eigenvalue weighted by molar-refractivity contribution is -0.139. The highest BCUT2D eigenvalue weighted by Gasteiger charge is 2.15. The molecule has 0 saturated carbocycles. The summed E-state index contributed by atoms with van der Waals surface area (Å²) in [7, 11) is 3.11. The van der Waals surface area contributed by atoms with E-state index in [4.69, 9.17) is 23.5 Å². The highest BCUT2D eigenvalue weighted by atomic mass is 16.6. The first kappa shape index (κ1) is 20.9. The van der Waals surface area contributed by atoms with E-state index in [1.807, 2.05) is 31.2 Å². The Hall–Kier alpha value is -3.81. The molecule has 1 heterocycles. The molecule has 1 aromatic heterocycles. The van der Waals surface area contributed by atoms with Gasteiger partial charge in [-0.25, -0.2) is 4.79 Å². The van der Waals surface area contributed by atoms with Crippen LogP contribution in [0.3, 0.4) is 0 Å². The maximum atomic E-state index is 11.9. The van der Waals surface area contributed by atoms with Gasteiger partial charge >= 0.3 is 5.97 Å². The summed E-state index contributed by atoms with van der Waals surface area (Å²) < 4.78 is 26.2. The van der Waals surface area contributed by atoms with Gasteiger partial charge in [0.15, 0.2) is 6.61 Å². The first-order valence-corrected chi connectivity index (χ1v) is 9.25. The minimum absolute atomic E-state index is 0.141. The molecule has 0 bridgehead atoms. The van der Waals surface area contributed by atoms with Crippen molar-refractivity contribution >= 4 is 12.0 Å². The van der Waals surface area contributed by atoms with Crippen LogP contribution in [0.2, 0.25) is 0 Å². The quantitative estimate of drug-likeness (QED) is 0.387. The number of methoxy groups -OCH3 is 2. The lowest BCUT2D eigenvalue weighted by Gasteiger charge is -2.07. The Morgan fingerprint density at radius 3 is 2.53 bits per heavy atom. The van der Waals surface area contributed by atoms with Crippen LogP contribution in [-0.4, -0.2) is 36.9 Å². The smallest absolute Gasteiger partial charge is 0.331 e. The predicted octanol–water partition coefficient (Wildman–Crippen LogP) is 3.91. The lowest BCUT2D eigenvalue weighted by atomic mass is 10.2. The summed E-state index contributed by atoms with van der Waals surface area (Å²) in [6, 6.07) is 12.6. The average molecular weight is 410 g/mol. The van der Waals surface area contributed by atoms with Crippen LogP contribution in [0, 0.1) is 0 Å². The fourth-order valence-electron chi connectivity index (χ4n) is 2.59. The summed E-state index contributed by atoms with van der Waals surface area (Å²) >= 11 is 0. The summed E-state index contributed by atoms with van der Waals surface area (Å²) in [5, 5.41) is 3.92. The largest absolute Gasteiger partial charge is 0.497 e. The van der Waals surface area contributed by atoms with Gasteiger partial charge < -0.3 is 23.5 Å². The van der Waals surface area contributed by atoms with Gasteiger partial charge in [-0.1, -0.05) is 17.3 Å². The summed E-state index contributed by atoms with van der Waals surface area (Å²) in [6.45, 7) is 2.38. The molecule has 0 saturated heterocycles. The molecule has 0 N–H and O–H groups in total. The monoisotopic (exact) mass is 410 g/mol. The molecule has 0 aliphatic carbocycles. The molecule has 30 heavy (non-hydrogen) atoms. The highest BCUT2D eigenvalue weighted by Crippen LogP contribution is 2.31. The van der Waals surface area contributed by atoms with E-state index in [0.717, 1.165) is 11.3 Å². The molecule has 156 valence electrons. The van der Waals surface area contributed by atoms with Crippen molar-refractivity contribution in [2.45, 2.75) is 13.5 Å². The zero-order valence-corrected chi connectivity index (χ0v) is 17.0. The molecule has 3 rings (SSSR count). The Balaban J connectivity index is 1.58. The molecule has 0 unspecified atom stereocenters. The molecule has 0 aliphatic heterocycles. The maximum absolute atomic E-state index is 11.9. The van der Waals surface area contributed by atoms with Crippen LogP contribution in [0.4, 0.5) is 0 Å². The second kappa shape index (κ2) is 10.1. The average Bonchev–Trinajstić information content (AvgIpc) is 3.25. The fraction of sp³-hybridized carbons (Fsp3) is 0.227. The number of esters is 1. The second-order valence-electron chi connectivity index (χ2n) is 6.02. The van der Waals surface area contributed by atoms with Gasteiger partial charge in [-0.2, -0.15) is 4.98 Å².